The molecule has 2 aliphatic heterocycles. The van der Waals surface area contributed by atoms with Crippen molar-refractivity contribution in [2.24, 2.45) is 0 Å². The standard InChI is InChI=1S/C26H19NO2/c1-17-24(25(28)19-12-6-3-7-13-19)22(18-10-4-2-5-11-18)16-23-20-14-8-9-15-21(20)26(29)27(17)23/h2-16,22H,1H3. The van der Waals surface area contributed by atoms with Crippen LogP contribution in [0.15, 0.2) is 102 Å². The zero-order chi connectivity index (χ0) is 20.0. The van der Waals surface area contributed by atoms with Crippen molar-refractivity contribution in [3.8, 4) is 0 Å². The van der Waals surface area contributed by atoms with E-state index in [-0.39, 0.29) is 17.6 Å². The van der Waals surface area contributed by atoms with Crippen LogP contribution in [-0.4, -0.2) is 16.6 Å². The van der Waals surface area contributed by atoms with Gasteiger partial charge in [-0.15, -0.1) is 0 Å². The summed E-state index contributed by atoms with van der Waals surface area (Å²) in [6, 6.07) is 26.9. The fourth-order valence-electron chi connectivity index (χ4n) is 4.30. The van der Waals surface area contributed by atoms with E-state index in [1.165, 1.54) is 0 Å². The van der Waals surface area contributed by atoms with Crippen molar-refractivity contribution < 1.29 is 9.59 Å². The first-order valence-electron chi connectivity index (χ1n) is 9.68. The van der Waals surface area contributed by atoms with Gasteiger partial charge in [0.1, 0.15) is 0 Å². The molecule has 0 saturated carbocycles. The lowest BCUT2D eigenvalue weighted by Crippen LogP contribution is -2.29. The molecule has 0 N–H and O–H groups in total. The Labute approximate surface area is 169 Å². The highest BCUT2D eigenvalue weighted by molar-refractivity contribution is 6.15. The maximum absolute atomic E-state index is 13.5. The van der Waals surface area contributed by atoms with Crippen LogP contribution >= 0.6 is 0 Å². The van der Waals surface area contributed by atoms with Crippen LogP contribution in [0.3, 0.4) is 0 Å². The Bertz CT molecular complexity index is 1190. The Kier molecular flexibility index (Phi) is 4.02. The number of rotatable bonds is 3. The zero-order valence-electron chi connectivity index (χ0n) is 16.0. The second-order valence-corrected chi connectivity index (χ2v) is 7.32. The number of carbonyl (C=O) groups is 2. The Morgan fingerprint density at radius 3 is 2.07 bits per heavy atom. The van der Waals surface area contributed by atoms with Gasteiger partial charge in [-0.1, -0.05) is 78.9 Å². The summed E-state index contributed by atoms with van der Waals surface area (Å²) < 4.78 is 0. The molecule has 1 atom stereocenters. The van der Waals surface area contributed by atoms with Crippen molar-refractivity contribution in [2.45, 2.75) is 12.8 Å². The first-order chi connectivity index (χ1) is 14.2. The van der Waals surface area contributed by atoms with Gasteiger partial charge in [0.25, 0.3) is 5.91 Å². The fraction of sp³-hybridized carbons (Fsp3) is 0.0769. The van der Waals surface area contributed by atoms with E-state index in [0.717, 1.165) is 16.8 Å². The molecular weight excluding hydrogens is 358 g/mol. The summed E-state index contributed by atoms with van der Waals surface area (Å²) in [4.78, 5) is 28.4. The number of hydrogen-bond donors (Lipinski definition) is 0. The molecule has 0 fully saturated rings. The van der Waals surface area contributed by atoms with Crippen LogP contribution < -0.4 is 0 Å². The number of nitrogens with zero attached hydrogens (tertiary/aromatic N) is 1. The molecule has 2 heterocycles. The van der Waals surface area contributed by atoms with Gasteiger partial charge in [0, 0.05) is 33.9 Å². The topological polar surface area (TPSA) is 37.4 Å². The molecule has 2 aliphatic rings. The average Bonchev–Trinajstić information content (AvgIpc) is 3.07. The van der Waals surface area contributed by atoms with E-state index in [1.807, 2.05) is 91.9 Å². The second kappa shape index (κ2) is 6.71. The molecule has 3 aromatic rings. The summed E-state index contributed by atoms with van der Waals surface area (Å²) >= 11 is 0. The number of ketones is 1. The van der Waals surface area contributed by atoms with E-state index in [4.69, 9.17) is 0 Å². The maximum atomic E-state index is 13.5. The molecule has 1 amide bonds. The first kappa shape index (κ1) is 17.4. The number of allylic oxidation sites excluding steroid dienone is 3. The van der Waals surface area contributed by atoms with Gasteiger partial charge in [-0.05, 0) is 24.6 Å². The van der Waals surface area contributed by atoms with Gasteiger partial charge >= 0.3 is 0 Å². The number of amides is 1. The minimum atomic E-state index is -0.214. The highest BCUT2D eigenvalue weighted by Crippen LogP contribution is 2.45. The molecule has 3 heteroatoms. The van der Waals surface area contributed by atoms with Crippen LogP contribution in [-0.2, 0) is 0 Å². The van der Waals surface area contributed by atoms with Crippen LogP contribution in [0.4, 0.5) is 0 Å². The Morgan fingerprint density at radius 2 is 1.38 bits per heavy atom. The van der Waals surface area contributed by atoms with Crippen molar-refractivity contribution >= 4 is 17.4 Å². The van der Waals surface area contributed by atoms with E-state index in [1.54, 1.807) is 4.90 Å². The summed E-state index contributed by atoms with van der Waals surface area (Å²) in [5.74, 6) is -0.334. The predicted molar refractivity (Wildman–Crippen MR) is 113 cm³/mol. The lowest BCUT2D eigenvalue weighted by Gasteiger charge is -2.31. The average molecular weight is 377 g/mol. The predicted octanol–water partition coefficient (Wildman–Crippen LogP) is 5.44. The quantitative estimate of drug-likeness (QED) is 0.570. The molecule has 0 aromatic heterocycles. The normalized spacial score (nSPS) is 17.7. The third-order valence-electron chi connectivity index (χ3n) is 5.68. The molecule has 0 aliphatic carbocycles. The Hall–Kier alpha value is -3.72. The summed E-state index contributed by atoms with van der Waals surface area (Å²) in [6.45, 7) is 1.88. The number of hydrogen-bond acceptors (Lipinski definition) is 2. The minimum Gasteiger partial charge on any atom is -0.289 e. The van der Waals surface area contributed by atoms with Gasteiger partial charge in [-0.25, -0.2) is 0 Å². The van der Waals surface area contributed by atoms with Gasteiger partial charge in [0.05, 0.1) is 5.70 Å². The molecule has 29 heavy (non-hydrogen) atoms. The van der Waals surface area contributed by atoms with Crippen LogP contribution in [0.5, 0.6) is 0 Å². The molecule has 1 unspecified atom stereocenters. The summed E-state index contributed by atoms with van der Waals surface area (Å²) in [5.41, 5.74) is 5.47. The molecule has 140 valence electrons. The minimum absolute atomic E-state index is 0.0454. The summed E-state index contributed by atoms with van der Waals surface area (Å²) in [6.07, 6.45) is 2.06. The van der Waals surface area contributed by atoms with E-state index in [9.17, 15) is 9.59 Å². The van der Waals surface area contributed by atoms with Crippen molar-refractivity contribution in [1.29, 1.82) is 0 Å². The molecular formula is C26H19NO2. The Balaban J connectivity index is 1.73. The van der Waals surface area contributed by atoms with Gasteiger partial charge in [0.2, 0.25) is 0 Å². The van der Waals surface area contributed by atoms with Gasteiger partial charge in [-0.3, -0.25) is 14.5 Å². The summed E-state index contributed by atoms with van der Waals surface area (Å²) in [5, 5.41) is 0. The fourth-order valence-corrected chi connectivity index (χ4v) is 4.30. The Morgan fingerprint density at radius 1 is 0.793 bits per heavy atom. The summed E-state index contributed by atoms with van der Waals surface area (Å²) in [7, 11) is 0. The first-order valence-corrected chi connectivity index (χ1v) is 9.68. The molecule has 5 rings (SSSR count). The van der Waals surface area contributed by atoms with Crippen molar-refractivity contribution in [1.82, 2.24) is 4.90 Å². The number of carbonyl (C=O) groups excluding carboxylic acids is 2. The lowest BCUT2D eigenvalue weighted by molar-refractivity contribution is 0.0877. The smallest absolute Gasteiger partial charge is 0.263 e. The van der Waals surface area contributed by atoms with E-state index in [2.05, 4.69) is 6.08 Å². The van der Waals surface area contributed by atoms with Crippen LogP contribution in [0.2, 0.25) is 0 Å². The highest BCUT2D eigenvalue weighted by atomic mass is 16.2. The zero-order valence-corrected chi connectivity index (χ0v) is 16.0. The van der Waals surface area contributed by atoms with Crippen molar-refractivity contribution in [2.75, 3.05) is 0 Å². The van der Waals surface area contributed by atoms with E-state index in [0.29, 0.717) is 22.4 Å². The molecule has 0 bridgehead atoms. The SMILES string of the molecule is CC1=C(C(=O)c2ccccc2)C(c2ccccc2)C=C2c3ccccc3C(=O)N21. The molecule has 0 saturated heterocycles. The highest BCUT2D eigenvalue weighted by Gasteiger charge is 2.40. The maximum Gasteiger partial charge on any atom is 0.263 e. The number of Topliss-reactive ketones (excluding diaryl/α,β-unsaturated/α-hetero) is 1. The van der Waals surface area contributed by atoms with Crippen LogP contribution in [0.1, 0.15) is 44.7 Å². The second-order valence-electron chi connectivity index (χ2n) is 7.32. The van der Waals surface area contributed by atoms with E-state index >= 15 is 0 Å². The lowest BCUT2D eigenvalue weighted by atomic mass is 9.82. The molecule has 0 spiro atoms. The molecule has 3 nitrogen and oxygen atoms in total. The van der Waals surface area contributed by atoms with Crippen LogP contribution in [0.25, 0.3) is 5.70 Å². The third kappa shape index (κ3) is 2.66. The van der Waals surface area contributed by atoms with Gasteiger partial charge in [-0.2, -0.15) is 0 Å². The van der Waals surface area contributed by atoms with E-state index < -0.39 is 0 Å². The monoisotopic (exact) mass is 377 g/mol. The van der Waals surface area contributed by atoms with Gasteiger partial charge < -0.3 is 0 Å². The number of fused-ring (bicyclic) bond motifs is 3. The largest absolute Gasteiger partial charge is 0.289 e. The number of benzene rings is 3. The molecule has 3 aromatic carbocycles. The van der Waals surface area contributed by atoms with Crippen LogP contribution in [0, 0.1) is 0 Å². The molecule has 0 radical (unpaired) electrons. The van der Waals surface area contributed by atoms with Crippen molar-refractivity contribution in [3.05, 3.63) is 125 Å². The van der Waals surface area contributed by atoms with Crippen molar-refractivity contribution in [3.63, 3.8) is 0 Å². The third-order valence-corrected chi connectivity index (χ3v) is 5.68. The van der Waals surface area contributed by atoms with Gasteiger partial charge in [0.15, 0.2) is 5.78 Å².